The molecule has 1 aromatic carbocycles. The molecule has 0 radical (unpaired) electrons. The molecule has 120 valence electrons. The lowest BCUT2D eigenvalue weighted by molar-refractivity contribution is 0.144. The molecule has 3 rings (SSSR count). The van der Waals surface area contributed by atoms with E-state index in [4.69, 9.17) is 14.2 Å². The topological polar surface area (TPSA) is 65.5 Å². The Hall–Kier alpha value is -2.38. The van der Waals surface area contributed by atoms with Crippen molar-refractivity contribution in [3.63, 3.8) is 0 Å². The van der Waals surface area contributed by atoms with Gasteiger partial charge in [-0.15, -0.1) is 0 Å². The number of aromatic nitrogens is 2. The Morgan fingerprint density at radius 1 is 1.13 bits per heavy atom. The fourth-order valence-corrected chi connectivity index (χ4v) is 2.88. The van der Waals surface area contributed by atoms with E-state index < -0.39 is 0 Å². The molecule has 2 aromatic heterocycles. The summed E-state index contributed by atoms with van der Waals surface area (Å²) < 4.78 is 16.0. The van der Waals surface area contributed by atoms with Gasteiger partial charge in [0.1, 0.15) is 17.0 Å². The number of rotatable bonds is 7. The zero-order chi connectivity index (χ0) is 16.1. The van der Waals surface area contributed by atoms with Gasteiger partial charge in [-0.3, -0.25) is 0 Å². The van der Waals surface area contributed by atoms with Crippen molar-refractivity contribution in [3.05, 3.63) is 36.5 Å². The molecule has 0 atom stereocenters. The summed E-state index contributed by atoms with van der Waals surface area (Å²) in [6.07, 6.45) is 1.76. The lowest BCUT2D eigenvalue weighted by Gasteiger charge is -2.12. The maximum atomic E-state index is 5.69. The number of hydrogen-bond donors (Lipinski definition) is 1. The molecule has 0 saturated carbocycles. The van der Waals surface area contributed by atoms with Gasteiger partial charge in [0.05, 0.1) is 13.7 Å². The summed E-state index contributed by atoms with van der Waals surface area (Å²) in [6.45, 7) is 0.978. The second kappa shape index (κ2) is 7.26. The third-order valence-corrected chi connectivity index (χ3v) is 4.02. The molecule has 0 bridgehead atoms. The molecule has 0 aliphatic carbocycles. The van der Waals surface area contributed by atoms with E-state index in [1.54, 1.807) is 20.4 Å². The zero-order valence-electron chi connectivity index (χ0n) is 12.9. The third-order valence-electron chi connectivity index (χ3n) is 3.13. The Morgan fingerprint density at radius 3 is 2.83 bits per heavy atom. The van der Waals surface area contributed by atoms with E-state index >= 15 is 0 Å². The fraction of sp³-hybridized carbons (Fsp3) is 0.250. The predicted octanol–water partition coefficient (Wildman–Crippen LogP) is 3.47. The minimum absolute atomic E-state index is 0.460. The monoisotopic (exact) mass is 331 g/mol. The number of fused-ring (bicyclic) bond motifs is 1. The van der Waals surface area contributed by atoms with Crippen molar-refractivity contribution in [3.8, 4) is 11.5 Å². The van der Waals surface area contributed by atoms with E-state index in [0.29, 0.717) is 24.7 Å². The molecule has 7 heteroatoms. The molecule has 2 heterocycles. The molecule has 0 amide bonds. The van der Waals surface area contributed by atoms with Crippen LogP contribution in [0.1, 0.15) is 0 Å². The van der Waals surface area contributed by atoms with Crippen LogP contribution in [0.4, 0.5) is 10.8 Å². The van der Waals surface area contributed by atoms with Gasteiger partial charge in [0.25, 0.3) is 0 Å². The Balaban J connectivity index is 1.80. The van der Waals surface area contributed by atoms with Gasteiger partial charge in [0.15, 0.2) is 16.6 Å². The average molecular weight is 331 g/mol. The van der Waals surface area contributed by atoms with E-state index in [-0.39, 0.29) is 0 Å². The maximum absolute atomic E-state index is 5.69. The SMILES string of the molecule is COCCOc1cc(Nc2nc3cccnc3s2)ccc1OC. The van der Waals surface area contributed by atoms with E-state index in [0.717, 1.165) is 21.2 Å². The number of hydrogen-bond acceptors (Lipinski definition) is 7. The number of thiazole rings is 1. The van der Waals surface area contributed by atoms with Crippen molar-refractivity contribution in [2.24, 2.45) is 0 Å². The van der Waals surface area contributed by atoms with Crippen molar-refractivity contribution in [1.82, 2.24) is 9.97 Å². The van der Waals surface area contributed by atoms with Gasteiger partial charge in [-0.25, -0.2) is 9.97 Å². The summed E-state index contributed by atoms with van der Waals surface area (Å²) in [4.78, 5) is 9.71. The number of methoxy groups -OCH3 is 2. The molecule has 1 N–H and O–H groups in total. The maximum Gasteiger partial charge on any atom is 0.189 e. The van der Waals surface area contributed by atoms with Crippen molar-refractivity contribution >= 4 is 32.5 Å². The lowest BCUT2D eigenvalue weighted by Crippen LogP contribution is -2.05. The third kappa shape index (κ3) is 3.69. The van der Waals surface area contributed by atoms with Crippen LogP contribution in [0, 0.1) is 0 Å². The van der Waals surface area contributed by atoms with Crippen molar-refractivity contribution < 1.29 is 14.2 Å². The second-order valence-corrected chi connectivity index (χ2v) is 5.66. The van der Waals surface area contributed by atoms with Crippen LogP contribution in [0.5, 0.6) is 11.5 Å². The molecule has 0 spiro atoms. The summed E-state index contributed by atoms with van der Waals surface area (Å²) in [5, 5.41) is 4.06. The number of pyridine rings is 1. The Morgan fingerprint density at radius 2 is 2.04 bits per heavy atom. The van der Waals surface area contributed by atoms with Gasteiger partial charge in [0.2, 0.25) is 0 Å². The molecule has 0 unspecified atom stereocenters. The molecule has 6 nitrogen and oxygen atoms in total. The van der Waals surface area contributed by atoms with Crippen molar-refractivity contribution in [2.75, 3.05) is 32.8 Å². The first-order valence-corrected chi connectivity index (χ1v) is 7.90. The summed E-state index contributed by atoms with van der Waals surface area (Å²) in [7, 11) is 3.25. The Kier molecular flexibility index (Phi) is 4.89. The highest BCUT2D eigenvalue weighted by Gasteiger charge is 2.08. The molecular weight excluding hydrogens is 314 g/mol. The Labute approximate surface area is 138 Å². The molecule has 23 heavy (non-hydrogen) atoms. The van der Waals surface area contributed by atoms with Crippen LogP contribution in [0.15, 0.2) is 36.5 Å². The van der Waals surface area contributed by atoms with E-state index in [2.05, 4.69) is 15.3 Å². The highest BCUT2D eigenvalue weighted by Crippen LogP contribution is 2.33. The Bertz CT molecular complexity index is 758. The summed E-state index contributed by atoms with van der Waals surface area (Å²) in [6, 6.07) is 9.48. The van der Waals surface area contributed by atoms with Gasteiger partial charge in [0, 0.05) is 25.1 Å². The number of nitrogens with zero attached hydrogens (tertiary/aromatic N) is 2. The lowest BCUT2D eigenvalue weighted by atomic mass is 10.3. The quantitative estimate of drug-likeness (QED) is 0.669. The standard InChI is InChI=1S/C16H17N3O3S/c1-20-8-9-22-14-10-11(5-6-13(14)21-2)18-16-19-12-4-3-7-17-15(12)23-16/h3-7,10H,8-9H2,1-2H3,(H,18,19). The largest absolute Gasteiger partial charge is 0.493 e. The van der Waals surface area contributed by atoms with Crippen LogP contribution in [0.25, 0.3) is 10.3 Å². The van der Waals surface area contributed by atoms with Crippen molar-refractivity contribution in [1.29, 1.82) is 0 Å². The zero-order valence-corrected chi connectivity index (χ0v) is 13.7. The highest BCUT2D eigenvalue weighted by molar-refractivity contribution is 7.21. The minimum Gasteiger partial charge on any atom is -0.493 e. The minimum atomic E-state index is 0.460. The normalized spacial score (nSPS) is 10.7. The molecule has 3 aromatic rings. The van der Waals surface area contributed by atoms with Crippen molar-refractivity contribution in [2.45, 2.75) is 0 Å². The molecule has 0 aliphatic heterocycles. The fourth-order valence-electron chi connectivity index (χ4n) is 2.05. The van der Waals surface area contributed by atoms with Gasteiger partial charge in [-0.1, -0.05) is 11.3 Å². The molecular formula is C16H17N3O3S. The first kappa shape index (κ1) is 15.5. The first-order valence-electron chi connectivity index (χ1n) is 7.08. The smallest absolute Gasteiger partial charge is 0.189 e. The van der Waals surface area contributed by atoms with Crippen LogP contribution < -0.4 is 14.8 Å². The number of ether oxygens (including phenoxy) is 3. The molecule has 0 saturated heterocycles. The van der Waals surface area contributed by atoms with E-state index in [1.807, 2.05) is 30.3 Å². The average Bonchev–Trinajstić information content (AvgIpc) is 2.97. The number of anilines is 2. The van der Waals surface area contributed by atoms with Crippen LogP contribution in [-0.2, 0) is 4.74 Å². The van der Waals surface area contributed by atoms with Crippen LogP contribution in [0.2, 0.25) is 0 Å². The highest BCUT2D eigenvalue weighted by atomic mass is 32.1. The number of benzene rings is 1. The van der Waals surface area contributed by atoms with Gasteiger partial charge in [-0.2, -0.15) is 0 Å². The molecule has 0 fully saturated rings. The molecule has 0 aliphatic rings. The number of nitrogens with one attached hydrogen (secondary N) is 1. The predicted molar refractivity (Wildman–Crippen MR) is 91.1 cm³/mol. The van der Waals surface area contributed by atoms with Gasteiger partial charge in [-0.05, 0) is 24.3 Å². The second-order valence-electron chi connectivity index (χ2n) is 4.68. The summed E-state index contributed by atoms with van der Waals surface area (Å²) in [5.74, 6) is 1.34. The van der Waals surface area contributed by atoms with Crippen LogP contribution in [0.3, 0.4) is 0 Å². The van der Waals surface area contributed by atoms with E-state index in [9.17, 15) is 0 Å². The summed E-state index contributed by atoms with van der Waals surface area (Å²) >= 11 is 1.50. The van der Waals surface area contributed by atoms with Crippen LogP contribution >= 0.6 is 11.3 Å². The first-order chi connectivity index (χ1) is 11.3. The van der Waals surface area contributed by atoms with Crippen LogP contribution in [-0.4, -0.2) is 37.4 Å². The summed E-state index contributed by atoms with van der Waals surface area (Å²) in [5.41, 5.74) is 1.75. The van der Waals surface area contributed by atoms with E-state index in [1.165, 1.54) is 11.3 Å². The van der Waals surface area contributed by atoms with Gasteiger partial charge < -0.3 is 19.5 Å². The van der Waals surface area contributed by atoms with Gasteiger partial charge >= 0.3 is 0 Å².